The third-order valence-corrected chi connectivity index (χ3v) is 0.368. The van der Waals surface area contributed by atoms with Gasteiger partial charge in [-0.1, -0.05) is 6.58 Å². The smallest absolute Gasteiger partial charge is 0.652 e. The van der Waals surface area contributed by atoms with Crippen molar-refractivity contribution in [1.82, 2.24) is 0 Å². The Kier molecular flexibility index (Phi) is 31.9. The predicted octanol–water partition coefficient (Wildman–Crippen LogP) is -8.09. The molecule has 0 bridgehead atoms. The largest absolute Gasteiger partial charge is 1.00 e. The van der Waals surface area contributed by atoms with Crippen molar-refractivity contribution in [3.63, 3.8) is 0 Å². The monoisotopic (exact) mass is 160 g/mol. The van der Waals surface area contributed by atoms with Crippen LogP contribution in [0.4, 0.5) is 4.79 Å². The van der Waals surface area contributed by atoms with Crippen LogP contribution in [0.1, 0.15) is 0 Å². The molecule has 0 aromatic rings. The second-order valence-electron chi connectivity index (χ2n) is 0.977. The topological polar surface area (TPSA) is 89.5 Å². The number of carboxylic acid groups (broad SMARTS) is 2. The molecule has 0 atom stereocenters. The van der Waals surface area contributed by atoms with Crippen molar-refractivity contribution in [2.45, 2.75) is 0 Å². The van der Waals surface area contributed by atoms with Crippen LogP contribution in [0.5, 0.6) is 0 Å². The molecule has 5 nitrogen and oxygen atoms in total. The first-order valence-corrected chi connectivity index (χ1v) is 2.13. The van der Waals surface area contributed by atoms with Gasteiger partial charge in [-0.2, -0.15) is 0 Å². The van der Waals surface area contributed by atoms with Crippen molar-refractivity contribution < 1.29 is 62.3 Å². The molecule has 12 heavy (non-hydrogen) atoms. The average Bonchev–Trinajstić information content (AvgIpc) is 1.85. The fraction of sp³-hybridized carbons (Fsp3) is 0.200. The van der Waals surface area contributed by atoms with Crippen molar-refractivity contribution in [3.8, 4) is 0 Å². The summed E-state index contributed by atoms with van der Waals surface area (Å²) in [4.78, 5) is 18.2. The second kappa shape index (κ2) is 17.0. The molecule has 0 fully saturated rings. The predicted molar refractivity (Wildman–Crippen MR) is 27.6 cm³/mol. The first-order valence-electron chi connectivity index (χ1n) is 2.13. The minimum atomic E-state index is -2.33. The Bertz CT molecular complexity index is 132. The zero-order valence-corrected chi connectivity index (χ0v) is 7.33. The normalized spacial score (nSPS) is 5.42. The molecule has 0 saturated heterocycles. The minimum Gasteiger partial charge on any atom is -0.652 e. The maximum Gasteiger partial charge on any atom is 1.00 e. The first kappa shape index (κ1) is 22.6. The van der Waals surface area contributed by atoms with Gasteiger partial charge in [0.1, 0.15) is 0 Å². The van der Waals surface area contributed by atoms with Crippen LogP contribution in [0.2, 0.25) is 0 Å². The molecule has 0 radical (unpaired) electrons. The number of rotatable bonds is 1. The van der Waals surface area contributed by atoms with Crippen molar-refractivity contribution in [2.75, 3.05) is 7.11 Å². The van der Waals surface area contributed by atoms with Gasteiger partial charge >= 0.3 is 43.7 Å². The summed E-state index contributed by atoms with van der Waals surface area (Å²) in [5, 5.41) is 16.7. The Balaban J connectivity index is -0.0000000483. The minimum absolute atomic E-state index is 0. The van der Waals surface area contributed by atoms with Crippen molar-refractivity contribution in [1.29, 1.82) is 0 Å². The molecule has 0 spiro atoms. The van der Waals surface area contributed by atoms with E-state index in [2.05, 4.69) is 11.3 Å². The third-order valence-electron chi connectivity index (χ3n) is 0.368. The van der Waals surface area contributed by atoms with E-state index in [1.54, 1.807) is 0 Å². The van der Waals surface area contributed by atoms with Crippen LogP contribution in [0.15, 0.2) is 12.7 Å². The van der Waals surface area contributed by atoms with E-state index >= 15 is 0 Å². The van der Waals surface area contributed by atoms with Gasteiger partial charge in [0.2, 0.25) is 0 Å². The zero-order chi connectivity index (χ0) is 8.57. The van der Waals surface area contributed by atoms with E-state index in [0.717, 1.165) is 6.08 Å². The fourth-order valence-corrected chi connectivity index (χ4v) is 0.0833. The fourth-order valence-electron chi connectivity index (χ4n) is 0.0833. The summed E-state index contributed by atoms with van der Waals surface area (Å²) in [5.41, 5.74) is 0. The van der Waals surface area contributed by atoms with Crippen LogP contribution < -0.4 is 47.9 Å². The number of methoxy groups -OCH3 is 1. The molecule has 0 aromatic heterocycles. The van der Waals surface area contributed by atoms with E-state index in [0.29, 0.717) is 0 Å². The van der Waals surface area contributed by atoms with Gasteiger partial charge in [-0.05, 0) is 6.16 Å². The number of esters is 1. The average molecular weight is 160 g/mol. The van der Waals surface area contributed by atoms with Crippen LogP contribution in [-0.2, 0) is 9.53 Å². The molecule has 0 rings (SSSR count). The summed E-state index contributed by atoms with van der Waals surface area (Å²) < 4.78 is 4.14. The Hall–Kier alpha value is -0.325. The van der Waals surface area contributed by atoms with Gasteiger partial charge in [0.25, 0.3) is 0 Å². The number of carbonyl (C=O) groups is 2. The van der Waals surface area contributed by atoms with Crippen LogP contribution in [0.3, 0.4) is 0 Å². The van der Waals surface area contributed by atoms with Crippen molar-refractivity contribution >= 4 is 12.1 Å². The molecule has 0 aliphatic rings. The molecule has 0 aliphatic carbocycles. The van der Waals surface area contributed by atoms with E-state index in [-0.39, 0.29) is 37.7 Å². The SMILES string of the molecule is C=CC(=O)OC.O=C([O-])[O-].[Li+].[Li+]. The standard InChI is InChI=1S/C4H6O2.CH2O3.2Li/c1-3-4(5)6-2;2-1(3)4;;/h3H,1H2,2H3;(H2,2,3,4);;/q;;2*+1/p-2. The molecule has 0 N–H and O–H groups in total. The van der Waals surface area contributed by atoms with Crippen LogP contribution in [0, 0.1) is 0 Å². The molecular formula is C5H6Li2O5. The van der Waals surface area contributed by atoms with Gasteiger partial charge in [0, 0.05) is 6.08 Å². The van der Waals surface area contributed by atoms with Crippen molar-refractivity contribution in [3.05, 3.63) is 12.7 Å². The first-order chi connectivity index (χ1) is 4.54. The number of hydrogen-bond acceptors (Lipinski definition) is 5. The molecule has 7 heteroatoms. The second-order valence-corrected chi connectivity index (χ2v) is 0.977. The van der Waals surface area contributed by atoms with E-state index in [4.69, 9.17) is 15.0 Å². The van der Waals surface area contributed by atoms with E-state index < -0.39 is 12.1 Å². The van der Waals surface area contributed by atoms with Crippen LogP contribution in [0.25, 0.3) is 0 Å². The summed E-state index contributed by atoms with van der Waals surface area (Å²) in [5.74, 6) is -0.394. The van der Waals surface area contributed by atoms with Crippen LogP contribution in [-0.4, -0.2) is 19.2 Å². The van der Waals surface area contributed by atoms with Gasteiger partial charge in [-0.25, -0.2) is 4.79 Å². The Morgan fingerprint density at radius 1 is 1.33 bits per heavy atom. The quantitative estimate of drug-likeness (QED) is 0.216. The Labute approximate surface area is 94.1 Å². The summed E-state index contributed by atoms with van der Waals surface area (Å²) in [6.45, 7) is 3.16. The van der Waals surface area contributed by atoms with Gasteiger partial charge in [-0.3, -0.25) is 0 Å². The summed E-state index contributed by atoms with van der Waals surface area (Å²) in [6, 6.07) is 0. The van der Waals surface area contributed by atoms with E-state index in [9.17, 15) is 4.79 Å². The summed E-state index contributed by atoms with van der Waals surface area (Å²) >= 11 is 0. The van der Waals surface area contributed by atoms with E-state index in [1.165, 1.54) is 7.11 Å². The maximum absolute atomic E-state index is 9.84. The van der Waals surface area contributed by atoms with E-state index in [1.807, 2.05) is 0 Å². The Morgan fingerprint density at radius 3 is 1.58 bits per heavy atom. The van der Waals surface area contributed by atoms with Gasteiger partial charge in [-0.15, -0.1) is 0 Å². The third kappa shape index (κ3) is 53.9. The molecule has 0 saturated carbocycles. The van der Waals surface area contributed by atoms with Gasteiger partial charge in [0.05, 0.1) is 7.11 Å². The van der Waals surface area contributed by atoms with Crippen molar-refractivity contribution in [2.24, 2.45) is 0 Å². The zero-order valence-electron chi connectivity index (χ0n) is 7.33. The molecular weight excluding hydrogens is 154 g/mol. The molecule has 0 aliphatic heterocycles. The van der Waals surface area contributed by atoms with Crippen LogP contribution >= 0.6 is 0 Å². The summed E-state index contributed by atoms with van der Waals surface area (Å²) in [7, 11) is 1.31. The van der Waals surface area contributed by atoms with Gasteiger partial charge in [0.15, 0.2) is 0 Å². The number of hydrogen-bond donors (Lipinski definition) is 0. The maximum atomic E-state index is 9.84. The molecule has 58 valence electrons. The molecule has 0 unspecified atom stereocenters. The molecule has 0 amide bonds. The molecule has 0 aromatic carbocycles. The Morgan fingerprint density at radius 2 is 1.58 bits per heavy atom. The van der Waals surface area contributed by atoms with Gasteiger partial charge < -0.3 is 19.7 Å². The summed E-state index contributed by atoms with van der Waals surface area (Å²) in [6.07, 6.45) is -1.22. The number of carbonyl (C=O) groups excluding carboxylic acids is 2. The molecule has 0 heterocycles. The number of ether oxygens (including phenoxy) is 1.